The molecular formula is C32H37FN10O2. The Morgan fingerprint density at radius 1 is 0.689 bits per heavy atom. The quantitative estimate of drug-likeness (QED) is 0.208. The molecule has 0 saturated heterocycles. The van der Waals surface area contributed by atoms with E-state index in [1.54, 1.807) is 38.5 Å². The van der Waals surface area contributed by atoms with Crippen LogP contribution in [0.3, 0.4) is 0 Å². The highest BCUT2D eigenvalue weighted by atomic mass is 19.1. The van der Waals surface area contributed by atoms with Crippen molar-refractivity contribution in [1.29, 1.82) is 0 Å². The third-order valence-electron chi connectivity index (χ3n) is 7.25. The lowest BCUT2D eigenvalue weighted by Crippen LogP contribution is -2.07. The Kier molecular flexibility index (Phi) is 9.66. The molecule has 2 aromatic carbocycles. The molecule has 6 aromatic rings. The van der Waals surface area contributed by atoms with Crippen LogP contribution >= 0.6 is 0 Å². The van der Waals surface area contributed by atoms with Crippen molar-refractivity contribution in [3.05, 3.63) is 95.6 Å². The van der Waals surface area contributed by atoms with E-state index < -0.39 is 0 Å². The first kappa shape index (κ1) is 31.1. The minimum Gasteiger partial charge on any atom is -0.497 e. The Hall–Kier alpha value is -5.33. The van der Waals surface area contributed by atoms with Crippen LogP contribution in [0.5, 0.6) is 11.5 Å². The van der Waals surface area contributed by atoms with Gasteiger partial charge in [-0.1, -0.05) is 24.3 Å². The Morgan fingerprint density at radius 2 is 1.20 bits per heavy atom. The predicted molar refractivity (Wildman–Crippen MR) is 167 cm³/mol. The molecule has 6 rings (SSSR count). The lowest BCUT2D eigenvalue weighted by Gasteiger charge is -2.09. The van der Waals surface area contributed by atoms with E-state index in [1.807, 2.05) is 82.3 Å². The molecule has 0 N–H and O–H groups in total. The average Bonchev–Trinajstić information content (AvgIpc) is 3.85. The number of rotatable bonds is 10. The molecule has 0 atom stereocenters. The van der Waals surface area contributed by atoms with Gasteiger partial charge in [0.25, 0.3) is 0 Å². The number of hydrogen-bond donors (Lipinski definition) is 0. The highest BCUT2D eigenvalue weighted by Crippen LogP contribution is 2.24. The van der Waals surface area contributed by atoms with Gasteiger partial charge in [0.1, 0.15) is 35.5 Å². The van der Waals surface area contributed by atoms with Crippen molar-refractivity contribution in [3.63, 3.8) is 0 Å². The fraction of sp³-hybridized carbons (Fsp3) is 0.312. The van der Waals surface area contributed by atoms with Crippen molar-refractivity contribution < 1.29 is 13.9 Å². The molecule has 0 aliphatic heterocycles. The smallest absolute Gasteiger partial charge is 0.185 e. The van der Waals surface area contributed by atoms with Crippen LogP contribution < -0.4 is 9.47 Å². The normalized spacial score (nSPS) is 10.9. The maximum absolute atomic E-state index is 14.4. The van der Waals surface area contributed by atoms with Crippen LogP contribution in [0.15, 0.2) is 67.3 Å². The molecule has 0 aliphatic rings. The van der Waals surface area contributed by atoms with E-state index in [0.717, 1.165) is 40.8 Å². The standard InChI is InChI=1S/C16H18FN5O.C16H19N5O/c1-4-22-15(14(17)11(2)20-22)16-19-18-10-21(16)9-12-5-7-13(23-3)8-6-12;1-4-21-15(9-12(2)19-21)16-18-17-11-20(16)10-13-5-7-14(22-3)8-6-13/h5-8,10H,4,9H2,1-3H3;5-9,11H,4,10H2,1-3H3. The van der Waals surface area contributed by atoms with Crippen LogP contribution in [0.1, 0.15) is 36.4 Å². The lowest BCUT2D eigenvalue weighted by molar-refractivity contribution is 0.414. The van der Waals surface area contributed by atoms with Crippen LogP contribution in [0.25, 0.3) is 23.0 Å². The summed E-state index contributed by atoms with van der Waals surface area (Å²) in [5, 5.41) is 25.0. The van der Waals surface area contributed by atoms with Gasteiger partial charge in [0.15, 0.2) is 17.5 Å². The third-order valence-corrected chi connectivity index (χ3v) is 7.25. The zero-order valence-corrected chi connectivity index (χ0v) is 26.3. The molecule has 0 spiro atoms. The summed E-state index contributed by atoms with van der Waals surface area (Å²) in [6.45, 7) is 10.2. The molecule has 13 heteroatoms. The van der Waals surface area contributed by atoms with Crippen molar-refractivity contribution in [1.82, 2.24) is 49.1 Å². The van der Waals surface area contributed by atoms with Gasteiger partial charge in [-0.3, -0.25) is 9.36 Å². The van der Waals surface area contributed by atoms with Gasteiger partial charge in [-0.2, -0.15) is 10.2 Å². The number of hydrogen-bond acceptors (Lipinski definition) is 8. The molecule has 0 aliphatic carbocycles. The first-order valence-corrected chi connectivity index (χ1v) is 14.6. The van der Waals surface area contributed by atoms with Gasteiger partial charge in [-0.25, -0.2) is 4.39 Å². The minimum atomic E-state index is -0.351. The van der Waals surface area contributed by atoms with Crippen molar-refractivity contribution in [2.24, 2.45) is 0 Å². The van der Waals surface area contributed by atoms with Gasteiger partial charge in [0, 0.05) is 13.1 Å². The Labute approximate surface area is 261 Å². The SMILES string of the molecule is CCn1nc(C)c(F)c1-c1nncn1Cc1ccc(OC)cc1.CCn1nc(C)cc1-c1nncn1Cc1ccc(OC)cc1. The summed E-state index contributed by atoms with van der Waals surface area (Å²) in [6, 6.07) is 17.7. The summed E-state index contributed by atoms with van der Waals surface area (Å²) in [7, 11) is 3.30. The summed E-state index contributed by atoms with van der Waals surface area (Å²) >= 11 is 0. The molecule has 0 unspecified atom stereocenters. The van der Waals surface area contributed by atoms with Crippen LogP contribution in [-0.4, -0.2) is 63.3 Å². The first-order valence-electron chi connectivity index (χ1n) is 14.6. The maximum Gasteiger partial charge on any atom is 0.185 e. The number of aryl methyl sites for hydroxylation is 4. The summed E-state index contributed by atoms with van der Waals surface area (Å²) in [4.78, 5) is 0. The fourth-order valence-electron chi connectivity index (χ4n) is 4.95. The Balaban J connectivity index is 0.000000178. The zero-order valence-electron chi connectivity index (χ0n) is 26.3. The van der Waals surface area contributed by atoms with Gasteiger partial charge in [-0.15, -0.1) is 20.4 Å². The number of ether oxygens (including phenoxy) is 2. The van der Waals surface area contributed by atoms with Gasteiger partial charge in [-0.05, 0) is 69.2 Å². The Morgan fingerprint density at radius 3 is 1.71 bits per heavy atom. The zero-order chi connectivity index (χ0) is 31.9. The van der Waals surface area contributed by atoms with E-state index >= 15 is 0 Å². The van der Waals surface area contributed by atoms with E-state index in [9.17, 15) is 4.39 Å². The van der Waals surface area contributed by atoms with E-state index in [4.69, 9.17) is 9.47 Å². The van der Waals surface area contributed by atoms with Crippen LogP contribution in [-0.2, 0) is 26.2 Å². The highest BCUT2D eigenvalue weighted by Gasteiger charge is 2.21. The van der Waals surface area contributed by atoms with Crippen molar-refractivity contribution in [2.75, 3.05) is 14.2 Å². The van der Waals surface area contributed by atoms with Gasteiger partial charge < -0.3 is 18.6 Å². The van der Waals surface area contributed by atoms with Gasteiger partial charge >= 0.3 is 0 Å². The third kappa shape index (κ3) is 6.92. The molecule has 4 heterocycles. The molecule has 12 nitrogen and oxygen atoms in total. The molecule has 0 fully saturated rings. The van der Waals surface area contributed by atoms with Crippen molar-refractivity contribution in [3.8, 4) is 34.5 Å². The molecule has 0 radical (unpaired) electrons. The van der Waals surface area contributed by atoms with E-state index in [-0.39, 0.29) is 5.82 Å². The minimum absolute atomic E-state index is 0.351. The average molecular weight is 613 g/mol. The summed E-state index contributed by atoms with van der Waals surface area (Å²) < 4.78 is 32.2. The summed E-state index contributed by atoms with van der Waals surface area (Å²) in [5.41, 5.74) is 4.92. The van der Waals surface area contributed by atoms with Gasteiger partial charge in [0.05, 0.1) is 38.7 Å². The van der Waals surface area contributed by atoms with Crippen LogP contribution in [0.2, 0.25) is 0 Å². The lowest BCUT2D eigenvalue weighted by atomic mass is 10.2. The number of aromatic nitrogens is 10. The molecule has 0 bridgehead atoms. The maximum atomic E-state index is 14.4. The number of nitrogens with zero attached hydrogens (tertiary/aromatic N) is 10. The monoisotopic (exact) mass is 612 g/mol. The molecular weight excluding hydrogens is 575 g/mol. The topological polar surface area (TPSA) is 116 Å². The number of methoxy groups -OCH3 is 2. The van der Waals surface area contributed by atoms with Crippen LogP contribution in [0.4, 0.5) is 4.39 Å². The van der Waals surface area contributed by atoms with Gasteiger partial charge in [0.2, 0.25) is 0 Å². The number of benzene rings is 2. The second kappa shape index (κ2) is 14.0. The predicted octanol–water partition coefficient (Wildman–Crippen LogP) is 5.19. The Bertz CT molecular complexity index is 1830. The van der Waals surface area contributed by atoms with Crippen LogP contribution in [0, 0.1) is 19.7 Å². The molecule has 4 aromatic heterocycles. The summed E-state index contributed by atoms with van der Waals surface area (Å²) in [5.74, 6) is 2.60. The molecule has 234 valence electrons. The summed E-state index contributed by atoms with van der Waals surface area (Å²) in [6.07, 6.45) is 3.35. The van der Waals surface area contributed by atoms with Crippen molar-refractivity contribution >= 4 is 0 Å². The number of halogens is 1. The molecule has 0 saturated carbocycles. The van der Waals surface area contributed by atoms with Crippen molar-refractivity contribution in [2.45, 2.75) is 53.9 Å². The highest BCUT2D eigenvalue weighted by molar-refractivity contribution is 5.52. The van der Waals surface area contributed by atoms with E-state index in [2.05, 4.69) is 37.5 Å². The van der Waals surface area contributed by atoms with E-state index in [1.165, 1.54) is 5.56 Å². The second-order valence-corrected chi connectivity index (χ2v) is 10.3. The molecule has 45 heavy (non-hydrogen) atoms. The van der Waals surface area contributed by atoms with E-state index in [0.29, 0.717) is 36.8 Å². The first-order chi connectivity index (χ1) is 21.8. The largest absolute Gasteiger partial charge is 0.497 e. The second-order valence-electron chi connectivity index (χ2n) is 10.3. The molecule has 0 amide bonds. The fourth-order valence-corrected chi connectivity index (χ4v) is 4.95.